The van der Waals surface area contributed by atoms with Gasteiger partial charge in [-0.15, -0.1) is 0 Å². The molecule has 1 fully saturated rings. The lowest BCUT2D eigenvalue weighted by Crippen LogP contribution is -2.44. The number of imidazole rings is 1. The maximum Gasteiger partial charge on any atom is 0.186 e. The number of ether oxygens (including phenoxy) is 2. The Balaban J connectivity index is 1.70. The fourth-order valence-electron chi connectivity index (χ4n) is 2.62. The van der Waals surface area contributed by atoms with Gasteiger partial charge in [-0.05, 0) is 30.5 Å². The number of hydrogen-bond donors (Lipinski definition) is 0. The fourth-order valence-corrected chi connectivity index (χ4v) is 2.83. The van der Waals surface area contributed by atoms with Crippen LogP contribution < -0.4 is 0 Å². The fraction of sp³-hybridized carbons (Fsp3) is 0.438. The monoisotopic (exact) mass is 306 g/mol. The van der Waals surface area contributed by atoms with E-state index in [-0.39, 0.29) is 0 Å². The predicted molar refractivity (Wildman–Crippen MR) is 81.3 cm³/mol. The zero-order chi connectivity index (χ0) is 14.5. The van der Waals surface area contributed by atoms with Gasteiger partial charge in [-0.25, -0.2) is 4.98 Å². The van der Waals surface area contributed by atoms with Crippen LogP contribution in [0.4, 0.5) is 0 Å². The molecule has 0 N–H and O–H groups in total. The van der Waals surface area contributed by atoms with Crippen molar-refractivity contribution in [2.45, 2.75) is 31.6 Å². The third-order valence-electron chi connectivity index (χ3n) is 3.69. The van der Waals surface area contributed by atoms with Crippen LogP contribution in [0.1, 0.15) is 18.4 Å². The van der Waals surface area contributed by atoms with Crippen LogP contribution in [0, 0.1) is 0 Å². The molecule has 1 aliphatic rings. The molecule has 112 valence electrons. The molecular formula is C16H19ClN2O2. The lowest BCUT2D eigenvalue weighted by molar-refractivity contribution is -0.276. The maximum atomic E-state index is 6.04. The van der Waals surface area contributed by atoms with E-state index in [0.29, 0.717) is 6.54 Å². The maximum absolute atomic E-state index is 6.04. The van der Waals surface area contributed by atoms with Gasteiger partial charge < -0.3 is 14.0 Å². The minimum absolute atomic E-state index is 0.568. The molecule has 1 aliphatic heterocycles. The van der Waals surface area contributed by atoms with E-state index in [1.165, 1.54) is 5.56 Å². The molecule has 3 rings (SSSR count). The van der Waals surface area contributed by atoms with Crippen LogP contribution in [0.25, 0.3) is 0 Å². The Morgan fingerprint density at radius 3 is 2.86 bits per heavy atom. The van der Waals surface area contributed by atoms with E-state index in [4.69, 9.17) is 21.1 Å². The number of benzene rings is 1. The van der Waals surface area contributed by atoms with Crippen molar-refractivity contribution in [3.63, 3.8) is 0 Å². The molecule has 1 aromatic heterocycles. The normalized spacial score (nSPS) is 17.8. The molecule has 5 heteroatoms. The number of aromatic nitrogens is 2. The van der Waals surface area contributed by atoms with Gasteiger partial charge in [-0.2, -0.15) is 0 Å². The van der Waals surface area contributed by atoms with E-state index < -0.39 is 5.79 Å². The number of aryl methyl sites for hydroxylation is 1. The molecule has 21 heavy (non-hydrogen) atoms. The second-order valence-electron chi connectivity index (χ2n) is 5.33. The van der Waals surface area contributed by atoms with Gasteiger partial charge >= 0.3 is 0 Å². The Labute approximate surface area is 129 Å². The topological polar surface area (TPSA) is 36.3 Å². The number of halogens is 1. The van der Waals surface area contributed by atoms with Crippen LogP contribution in [0.2, 0.25) is 5.02 Å². The van der Waals surface area contributed by atoms with E-state index in [0.717, 1.165) is 37.5 Å². The second-order valence-corrected chi connectivity index (χ2v) is 5.76. The van der Waals surface area contributed by atoms with Gasteiger partial charge in [-0.1, -0.05) is 23.7 Å². The van der Waals surface area contributed by atoms with E-state index in [2.05, 4.69) is 11.1 Å². The van der Waals surface area contributed by atoms with E-state index in [9.17, 15) is 0 Å². The minimum Gasteiger partial charge on any atom is -0.348 e. The first-order chi connectivity index (χ1) is 10.3. The van der Waals surface area contributed by atoms with E-state index in [1.807, 2.05) is 29.0 Å². The highest BCUT2D eigenvalue weighted by Crippen LogP contribution is 2.27. The average molecular weight is 307 g/mol. The number of nitrogens with zero attached hydrogens (tertiary/aromatic N) is 2. The summed E-state index contributed by atoms with van der Waals surface area (Å²) in [6, 6.07) is 7.94. The molecule has 0 saturated carbocycles. The smallest absolute Gasteiger partial charge is 0.186 e. The highest BCUT2D eigenvalue weighted by Gasteiger charge is 2.34. The number of rotatable bonds is 5. The summed E-state index contributed by atoms with van der Waals surface area (Å²) in [5.41, 5.74) is 1.20. The lowest BCUT2D eigenvalue weighted by atomic mass is 10.0. The van der Waals surface area contributed by atoms with Crippen molar-refractivity contribution in [3.05, 3.63) is 53.6 Å². The second kappa shape index (κ2) is 6.60. The summed E-state index contributed by atoms with van der Waals surface area (Å²) >= 11 is 6.04. The molecule has 0 amide bonds. The summed E-state index contributed by atoms with van der Waals surface area (Å²) in [5, 5.41) is 0.765. The molecule has 1 aromatic carbocycles. The zero-order valence-corrected chi connectivity index (χ0v) is 12.6. The third-order valence-corrected chi connectivity index (χ3v) is 3.92. The number of hydrogen-bond acceptors (Lipinski definition) is 3. The Morgan fingerprint density at radius 1 is 1.29 bits per heavy atom. The van der Waals surface area contributed by atoms with E-state index >= 15 is 0 Å². The summed E-state index contributed by atoms with van der Waals surface area (Å²) in [7, 11) is 0. The van der Waals surface area contributed by atoms with Crippen molar-refractivity contribution in [1.82, 2.24) is 9.55 Å². The molecule has 2 aromatic rings. The highest BCUT2D eigenvalue weighted by atomic mass is 35.5. The summed E-state index contributed by atoms with van der Waals surface area (Å²) in [4.78, 5) is 4.08. The average Bonchev–Trinajstić information content (AvgIpc) is 2.99. The summed E-state index contributed by atoms with van der Waals surface area (Å²) in [6.07, 6.45) is 8.11. The zero-order valence-electron chi connectivity index (χ0n) is 11.9. The molecule has 4 nitrogen and oxygen atoms in total. The Hall–Kier alpha value is -1.36. The molecule has 2 heterocycles. The van der Waals surface area contributed by atoms with Crippen LogP contribution in [-0.4, -0.2) is 28.6 Å². The largest absolute Gasteiger partial charge is 0.348 e. The first-order valence-corrected chi connectivity index (χ1v) is 7.62. The molecular weight excluding hydrogens is 288 g/mol. The van der Waals surface area contributed by atoms with Crippen LogP contribution in [0.3, 0.4) is 0 Å². The third kappa shape index (κ3) is 3.84. The summed E-state index contributed by atoms with van der Waals surface area (Å²) < 4.78 is 14.0. The van der Waals surface area contributed by atoms with Crippen LogP contribution in [0.15, 0.2) is 43.0 Å². The van der Waals surface area contributed by atoms with Crippen molar-refractivity contribution < 1.29 is 9.47 Å². The van der Waals surface area contributed by atoms with Crippen molar-refractivity contribution in [2.75, 3.05) is 13.2 Å². The van der Waals surface area contributed by atoms with Gasteiger partial charge in [-0.3, -0.25) is 0 Å². The van der Waals surface area contributed by atoms with Crippen LogP contribution >= 0.6 is 11.6 Å². The minimum atomic E-state index is -0.568. The first-order valence-electron chi connectivity index (χ1n) is 7.24. The standard InChI is InChI=1S/C16H19ClN2O2/c17-15-4-1-3-14(11-15)5-6-16(20-9-2-10-21-16)12-19-8-7-18-13-19/h1,3-4,7-8,11,13H,2,5-6,9-10,12H2. The van der Waals surface area contributed by atoms with E-state index in [1.54, 1.807) is 12.5 Å². The van der Waals surface area contributed by atoms with Gasteiger partial charge in [0.25, 0.3) is 0 Å². The Bertz CT molecular complexity index is 565. The summed E-state index contributed by atoms with van der Waals surface area (Å²) in [6.45, 7) is 2.14. The van der Waals surface area contributed by atoms with Crippen LogP contribution in [-0.2, 0) is 22.4 Å². The van der Waals surface area contributed by atoms with Gasteiger partial charge in [0.15, 0.2) is 5.79 Å². The van der Waals surface area contributed by atoms with Gasteiger partial charge in [0.1, 0.15) is 0 Å². The van der Waals surface area contributed by atoms with Crippen molar-refractivity contribution in [3.8, 4) is 0 Å². The Kier molecular flexibility index (Phi) is 4.58. The van der Waals surface area contributed by atoms with Gasteiger partial charge in [0, 0.05) is 23.8 Å². The molecule has 0 radical (unpaired) electrons. The predicted octanol–water partition coefficient (Wildman–Crippen LogP) is 3.30. The van der Waals surface area contributed by atoms with Gasteiger partial charge in [0.05, 0.1) is 26.1 Å². The van der Waals surface area contributed by atoms with Crippen molar-refractivity contribution in [2.24, 2.45) is 0 Å². The van der Waals surface area contributed by atoms with Crippen molar-refractivity contribution in [1.29, 1.82) is 0 Å². The molecule has 0 unspecified atom stereocenters. The molecule has 0 atom stereocenters. The SMILES string of the molecule is Clc1cccc(CCC2(Cn3ccnc3)OCCCO2)c1. The molecule has 0 spiro atoms. The first kappa shape index (κ1) is 14.6. The van der Waals surface area contributed by atoms with Crippen molar-refractivity contribution >= 4 is 11.6 Å². The lowest BCUT2D eigenvalue weighted by Gasteiger charge is -2.37. The highest BCUT2D eigenvalue weighted by molar-refractivity contribution is 6.30. The van der Waals surface area contributed by atoms with Crippen LogP contribution in [0.5, 0.6) is 0 Å². The molecule has 1 saturated heterocycles. The van der Waals surface area contributed by atoms with Gasteiger partial charge in [0.2, 0.25) is 0 Å². The molecule has 0 aliphatic carbocycles. The quantitative estimate of drug-likeness (QED) is 0.850. The summed E-state index contributed by atoms with van der Waals surface area (Å²) in [5.74, 6) is -0.568. The molecule has 0 bridgehead atoms. The Morgan fingerprint density at radius 2 is 2.14 bits per heavy atom.